The number of ether oxygens (including phenoxy) is 1. The Morgan fingerprint density at radius 3 is 3.04 bits per heavy atom. The highest BCUT2D eigenvalue weighted by molar-refractivity contribution is 5.89. The van der Waals surface area contributed by atoms with Gasteiger partial charge in [0, 0.05) is 25.3 Å². The Hall–Kier alpha value is -3.16. The van der Waals surface area contributed by atoms with Crippen molar-refractivity contribution in [2.24, 2.45) is 7.05 Å². The Bertz CT molecular complexity index is 861. The topological polar surface area (TPSA) is 94.0 Å². The van der Waals surface area contributed by atoms with Gasteiger partial charge < -0.3 is 15.4 Å². The summed E-state index contributed by atoms with van der Waals surface area (Å²) in [5, 5.41) is 10.4. The van der Waals surface area contributed by atoms with E-state index in [1.807, 2.05) is 6.92 Å². The number of amides is 2. The maximum atomic E-state index is 11.7. The summed E-state index contributed by atoms with van der Waals surface area (Å²) in [6, 6.07) is 6.87. The average Bonchev–Trinajstić information content (AvgIpc) is 2.96. The van der Waals surface area contributed by atoms with Crippen molar-refractivity contribution in [1.82, 2.24) is 25.1 Å². The van der Waals surface area contributed by atoms with E-state index in [2.05, 4.69) is 25.7 Å². The van der Waals surface area contributed by atoms with Crippen LogP contribution in [0.3, 0.4) is 0 Å². The predicted octanol–water partition coefficient (Wildman–Crippen LogP) is 2.69. The standard InChI is InChI=1S/C16H18N6O2/c1-3-7-17-16(23)21-11-5-4-6-12(8-11)24-15-13-9-20-22(2)14(13)18-10-19-15/h4-6,8-10H,3,7H2,1-2H3,(H2,17,21,23). The smallest absolute Gasteiger partial charge is 0.319 e. The summed E-state index contributed by atoms with van der Waals surface area (Å²) in [6.07, 6.45) is 3.97. The number of anilines is 1. The minimum Gasteiger partial charge on any atom is -0.438 e. The van der Waals surface area contributed by atoms with E-state index in [1.165, 1.54) is 6.33 Å². The molecule has 2 heterocycles. The van der Waals surface area contributed by atoms with Crippen LogP contribution in [-0.2, 0) is 7.05 Å². The number of rotatable bonds is 5. The van der Waals surface area contributed by atoms with Crippen molar-refractivity contribution in [3.63, 3.8) is 0 Å². The molecule has 124 valence electrons. The second-order valence-electron chi connectivity index (χ2n) is 5.20. The summed E-state index contributed by atoms with van der Waals surface area (Å²) >= 11 is 0. The predicted molar refractivity (Wildman–Crippen MR) is 90.1 cm³/mol. The molecule has 8 heteroatoms. The van der Waals surface area contributed by atoms with Gasteiger partial charge in [-0.1, -0.05) is 13.0 Å². The van der Waals surface area contributed by atoms with Crippen LogP contribution in [0.25, 0.3) is 11.0 Å². The summed E-state index contributed by atoms with van der Waals surface area (Å²) in [5.41, 5.74) is 1.32. The van der Waals surface area contributed by atoms with Crippen LogP contribution in [-0.4, -0.2) is 32.3 Å². The first-order valence-electron chi connectivity index (χ1n) is 7.63. The molecule has 0 aliphatic rings. The molecule has 3 rings (SSSR count). The molecule has 2 N–H and O–H groups in total. The third-order valence-electron chi connectivity index (χ3n) is 3.33. The van der Waals surface area contributed by atoms with E-state index in [0.717, 1.165) is 11.8 Å². The van der Waals surface area contributed by atoms with Gasteiger partial charge in [-0.3, -0.25) is 4.68 Å². The highest BCUT2D eigenvalue weighted by Gasteiger charge is 2.10. The molecule has 8 nitrogen and oxygen atoms in total. The van der Waals surface area contributed by atoms with Crippen LogP contribution in [0, 0.1) is 0 Å². The summed E-state index contributed by atoms with van der Waals surface area (Å²) in [7, 11) is 1.80. The molecule has 0 unspecified atom stereocenters. The van der Waals surface area contributed by atoms with E-state index < -0.39 is 0 Å². The van der Waals surface area contributed by atoms with Crippen molar-refractivity contribution in [2.75, 3.05) is 11.9 Å². The van der Waals surface area contributed by atoms with Crippen molar-refractivity contribution in [1.29, 1.82) is 0 Å². The molecule has 0 aliphatic heterocycles. The van der Waals surface area contributed by atoms with Gasteiger partial charge in [0.05, 0.1) is 6.20 Å². The lowest BCUT2D eigenvalue weighted by Gasteiger charge is -2.09. The number of hydrogen-bond acceptors (Lipinski definition) is 5. The van der Waals surface area contributed by atoms with Gasteiger partial charge in [-0.2, -0.15) is 5.10 Å². The Balaban J connectivity index is 1.78. The maximum absolute atomic E-state index is 11.7. The van der Waals surface area contributed by atoms with Crippen molar-refractivity contribution in [3.05, 3.63) is 36.8 Å². The molecule has 0 radical (unpaired) electrons. The van der Waals surface area contributed by atoms with Crippen LogP contribution in [0.1, 0.15) is 13.3 Å². The summed E-state index contributed by atoms with van der Waals surface area (Å²) in [6.45, 7) is 2.62. The van der Waals surface area contributed by atoms with Gasteiger partial charge in [-0.25, -0.2) is 14.8 Å². The van der Waals surface area contributed by atoms with Gasteiger partial charge in [-0.15, -0.1) is 0 Å². The minimum atomic E-state index is -0.245. The lowest BCUT2D eigenvalue weighted by atomic mass is 10.3. The Labute approximate surface area is 138 Å². The van der Waals surface area contributed by atoms with Crippen molar-refractivity contribution >= 4 is 22.8 Å². The number of nitrogens with one attached hydrogen (secondary N) is 2. The molecule has 24 heavy (non-hydrogen) atoms. The zero-order valence-corrected chi connectivity index (χ0v) is 13.5. The van der Waals surface area contributed by atoms with Crippen LogP contribution in [0.2, 0.25) is 0 Å². The van der Waals surface area contributed by atoms with E-state index in [4.69, 9.17) is 4.74 Å². The van der Waals surface area contributed by atoms with Crippen LogP contribution >= 0.6 is 0 Å². The molecule has 1 aromatic carbocycles. The lowest BCUT2D eigenvalue weighted by molar-refractivity contribution is 0.252. The number of nitrogens with zero attached hydrogens (tertiary/aromatic N) is 4. The fourth-order valence-electron chi connectivity index (χ4n) is 2.18. The molecule has 2 amide bonds. The van der Waals surface area contributed by atoms with Gasteiger partial charge in [0.15, 0.2) is 5.65 Å². The van der Waals surface area contributed by atoms with Crippen LogP contribution in [0.15, 0.2) is 36.8 Å². The van der Waals surface area contributed by atoms with E-state index in [-0.39, 0.29) is 6.03 Å². The first-order valence-corrected chi connectivity index (χ1v) is 7.63. The molecule has 0 atom stereocenters. The Morgan fingerprint density at radius 1 is 1.33 bits per heavy atom. The SMILES string of the molecule is CCCNC(=O)Nc1cccc(Oc2ncnc3c2cnn3C)c1. The largest absolute Gasteiger partial charge is 0.438 e. The van der Waals surface area contributed by atoms with Gasteiger partial charge >= 0.3 is 6.03 Å². The maximum Gasteiger partial charge on any atom is 0.319 e. The number of carbonyl (C=O) groups excluding carboxylic acids is 1. The number of urea groups is 1. The number of carbonyl (C=O) groups is 1. The molecule has 0 bridgehead atoms. The quantitative estimate of drug-likeness (QED) is 0.752. The monoisotopic (exact) mass is 326 g/mol. The molecule has 0 spiro atoms. The van der Waals surface area contributed by atoms with Crippen molar-refractivity contribution in [3.8, 4) is 11.6 Å². The van der Waals surface area contributed by atoms with Crippen molar-refractivity contribution in [2.45, 2.75) is 13.3 Å². The summed E-state index contributed by atoms with van der Waals surface area (Å²) < 4.78 is 7.48. The Morgan fingerprint density at radius 2 is 2.21 bits per heavy atom. The molecule has 0 saturated heterocycles. The molecular weight excluding hydrogens is 308 g/mol. The first kappa shape index (κ1) is 15.7. The third-order valence-corrected chi connectivity index (χ3v) is 3.33. The highest BCUT2D eigenvalue weighted by atomic mass is 16.5. The fourth-order valence-corrected chi connectivity index (χ4v) is 2.18. The zero-order chi connectivity index (χ0) is 16.9. The van der Waals surface area contributed by atoms with Crippen LogP contribution in [0.5, 0.6) is 11.6 Å². The highest BCUT2D eigenvalue weighted by Crippen LogP contribution is 2.27. The van der Waals surface area contributed by atoms with E-state index in [9.17, 15) is 4.79 Å². The number of hydrogen-bond donors (Lipinski definition) is 2. The normalized spacial score (nSPS) is 10.6. The molecule has 2 aromatic heterocycles. The number of fused-ring (bicyclic) bond motifs is 1. The fraction of sp³-hybridized carbons (Fsp3) is 0.250. The third kappa shape index (κ3) is 3.43. The molecule has 3 aromatic rings. The Kier molecular flexibility index (Phi) is 4.55. The second kappa shape index (κ2) is 6.95. The van der Waals surface area contributed by atoms with E-state index >= 15 is 0 Å². The minimum absolute atomic E-state index is 0.245. The van der Waals surface area contributed by atoms with E-state index in [0.29, 0.717) is 29.5 Å². The first-order chi connectivity index (χ1) is 11.7. The average molecular weight is 326 g/mol. The summed E-state index contributed by atoms with van der Waals surface area (Å²) in [5.74, 6) is 0.979. The van der Waals surface area contributed by atoms with Gasteiger partial charge in [0.2, 0.25) is 5.88 Å². The lowest BCUT2D eigenvalue weighted by Crippen LogP contribution is -2.29. The van der Waals surface area contributed by atoms with E-state index in [1.54, 1.807) is 42.2 Å². The van der Waals surface area contributed by atoms with Crippen LogP contribution in [0.4, 0.5) is 10.5 Å². The molecular formula is C16H18N6O2. The zero-order valence-electron chi connectivity index (χ0n) is 13.5. The second-order valence-corrected chi connectivity index (χ2v) is 5.20. The van der Waals surface area contributed by atoms with Gasteiger partial charge in [-0.05, 0) is 18.6 Å². The molecule has 0 aliphatic carbocycles. The number of aryl methyl sites for hydroxylation is 1. The number of aromatic nitrogens is 4. The number of benzene rings is 1. The molecule has 0 fully saturated rings. The summed E-state index contributed by atoms with van der Waals surface area (Å²) in [4.78, 5) is 20.1. The van der Waals surface area contributed by atoms with Crippen molar-refractivity contribution < 1.29 is 9.53 Å². The molecule has 0 saturated carbocycles. The van der Waals surface area contributed by atoms with Gasteiger partial charge in [0.1, 0.15) is 17.5 Å². The van der Waals surface area contributed by atoms with Gasteiger partial charge in [0.25, 0.3) is 0 Å². The van der Waals surface area contributed by atoms with Crippen LogP contribution < -0.4 is 15.4 Å².